The van der Waals surface area contributed by atoms with Crippen molar-refractivity contribution >= 4 is 30.8 Å². The minimum atomic E-state index is -3.74. The van der Waals surface area contributed by atoms with Crippen LogP contribution in [0.15, 0.2) is 27.5 Å². The lowest BCUT2D eigenvalue weighted by atomic mass is 10.3. The SMILES string of the molecule is COc1nc2cc(S(=O)(=O)Cl)ccc2o1. The third kappa shape index (κ3) is 1.91. The molecule has 0 unspecified atom stereocenters. The average molecular weight is 248 g/mol. The summed E-state index contributed by atoms with van der Waals surface area (Å²) in [5.74, 6) is 0. The lowest BCUT2D eigenvalue weighted by Gasteiger charge is -1.93. The Hall–Kier alpha value is -1.27. The van der Waals surface area contributed by atoms with E-state index in [2.05, 4.69) is 4.98 Å². The topological polar surface area (TPSA) is 69.4 Å². The molecule has 0 spiro atoms. The summed E-state index contributed by atoms with van der Waals surface area (Å²) in [7, 11) is 2.85. The van der Waals surface area contributed by atoms with Crippen LogP contribution in [0.2, 0.25) is 0 Å². The van der Waals surface area contributed by atoms with Gasteiger partial charge in [-0.25, -0.2) is 8.42 Å². The molecule has 0 radical (unpaired) electrons. The van der Waals surface area contributed by atoms with Crippen molar-refractivity contribution in [3.05, 3.63) is 18.2 Å². The van der Waals surface area contributed by atoms with Crippen LogP contribution in [0.5, 0.6) is 6.08 Å². The minimum absolute atomic E-state index is 0.0207. The van der Waals surface area contributed by atoms with Gasteiger partial charge in [-0.1, -0.05) is 0 Å². The van der Waals surface area contributed by atoms with E-state index < -0.39 is 9.05 Å². The summed E-state index contributed by atoms with van der Waals surface area (Å²) in [6.45, 7) is 0. The summed E-state index contributed by atoms with van der Waals surface area (Å²) in [4.78, 5) is 3.87. The monoisotopic (exact) mass is 247 g/mol. The molecule has 2 rings (SSSR count). The first kappa shape index (κ1) is 10.3. The van der Waals surface area contributed by atoms with E-state index in [0.717, 1.165) is 0 Å². The predicted molar refractivity (Wildman–Crippen MR) is 53.6 cm³/mol. The fourth-order valence-electron chi connectivity index (χ4n) is 1.13. The van der Waals surface area contributed by atoms with Gasteiger partial charge in [0.2, 0.25) is 0 Å². The molecule has 80 valence electrons. The Morgan fingerprint density at radius 1 is 1.47 bits per heavy atom. The number of methoxy groups -OCH3 is 1. The first-order chi connectivity index (χ1) is 7.00. The van der Waals surface area contributed by atoms with E-state index in [1.165, 1.54) is 25.3 Å². The van der Waals surface area contributed by atoms with Gasteiger partial charge in [0.05, 0.1) is 12.0 Å². The maximum absolute atomic E-state index is 11.0. The number of benzene rings is 1. The third-order valence-electron chi connectivity index (χ3n) is 1.80. The van der Waals surface area contributed by atoms with E-state index in [-0.39, 0.29) is 11.0 Å². The van der Waals surface area contributed by atoms with Gasteiger partial charge >= 0.3 is 6.08 Å². The molecular weight excluding hydrogens is 242 g/mol. The van der Waals surface area contributed by atoms with Crippen LogP contribution < -0.4 is 4.74 Å². The van der Waals surface area contributed by atoms with Crippen molar-refractivity contribution in [2.75, 3.05) is 7.11 Å². The predicted octanol–water partition coefficient (Wildman–Crippen LogP) is 1.76. The highest BCUT2D eigenvalue weighted by atomic mass is 35.7. The van der Waals surface area contributed by atoms with Crippen molar-refractivity contribution in [3.8, 4) is 6.08 Å². The molecule has 0 atom stereocenters. The molecule has 0 aliphatic rings. The number of hydrogen-bond donors (Lipinski definition) is 0. The summed E-state index contributed by atoms with van der Waals surface area (Å²) in [6, 6.07) is 4.14. The number of hydrogen-bond acceptors (Lipinski definition) is 5. The van der Waals surface area contributed by atoms with Crippen LogP contribution in [0.25, 0.3) is 11.1 Å². The maximum Gasteiger partial charge on any atom is 0.394 e. The Balaban J connectivity index is 2.66. The number of nitrogens with zero attached hydrogens (tertiary/aromatic N) is 1. The Morgan fingerprint density at radius 3 is 2.80 bits per heavy atom. The van der Waals surface area contributed by atoms with Gasteiger partial charge in [-0.15, -0.1) is 0 Å². The van der Waals surface area contributed by atoms with E-state index in [0.29, 0.717) is 11.1 Å². The van der Waals surface area contributed by atoms with Crippen LogP contribution in [0.3, 0.4) is 0 Å². The number of ether oxygens (including phenoxy) is 1. The molecule has 0 bridgehead atoms. The smallest absolute Gasteiger partial charge is 0.394 e. The zero-order valence-corrected chi connectivity index (χ0v) is 9.17. The molecule has 0 saturated carbocycles. The highest BCUT2D eigenvalue weighted by Crippen LogP contribution is 2.24. The second-order valence-corrected chi connectivity index (χ2v) is 5.32. The molecule has 0 aliphatic heterocycles. The standard InChI is InChI=1S/C8H6ClNO4S/c1-13-8-10-6-4-5(15(9,11)12)2-3-7(6)14-8/h2-4H,1H3. The third-order valence-corrected chi connectivity index (χ3v) is 3.15. The molecule has 0 amide bonds. The van der Waals surface area contributed by atoms with Crippen molar-refractivity contribution in [3.63, 3.8) is 0 Å². The van der Waals surface area contributed by atoms with Crippen LogP contribution in [-0.2, 0) is 9.05 Å². The summed E-state index contributed by atoms with van der Waals surface area (Å²) in [6.07, 6.45) is 0.0779. The van der Waals surface area contributed by atoms with Gasteiger partial charge in [0.15, 0.2) is 5.58 Å². The molecule has 0 fully saturated rings. The van der Waals surface area contributed by atoms with Gasteiger partial charge in [0.1, 0.15) is 5.52 Å². The van der Waals surface area contributed by atoms with Gasteiger partial charge in [-0.3, -0.25) is 0 Å². The number of rotatable bonds is 2. The molecule has 0 N–H and O–H groups in total. The van der Waals surface area contributed by atoms with Crippen LogP contribution in [0, 0.1) is 0 Å². The Kier molecular flexibility index (Phi) is 2.32. The lowest BCUT2D eigenvalue weighted by molar-refractivity contribution is 0.299. The van der Waals surface area contributed by atoms with Crippen LogP contribution in [0.4, 0.5) is 0 Å². The van der Waals surface area contributed by atoms with Crippen molar-refractivity contribution in [2.45, 2.75) is 4.90 Å². The lowest BCUT2D eigenvalue weighted by Crippen LogP contribution is -1.89. The Morgan fingerprint density at radius 2 is 2.20 bits per heavy atom. The van der Waals surface area contributed by atoms with Crippen LogP contribution in [0.1, 0.15) is 0 Å². The quantitative estimate of drug-likeness (QED) is 0.757. The summed E-state index contributed by atoms with van der Waals surface area (Å²) in [5.41, 5.74) is 0.824. The van der Waals surface area contributed by atoms with E-state index >= 15 is 0 Å². The molecule has 0 aliphatic carbocycles. The molecule has 1 aromatic carbocycles. The minimum Gasteiger partial charge on any atom is -0.453 e. The fraction of sp³-hybridized carbons (Fsp3) is 0.125. The van der Waals surface area contributed by atoms with E-state index in [1.807, 2.05) is 0 Å². The van der Waals surface area contributed by atoms with Crippen LogP contribution >= 0.6 is 10.7 Å². The van der Waals surface area contributed by atoms with Gasteiger partial charge in [-0.05, 0) is 18.2 Å². The molecule has 1 heterocycles. The second-order valence-electron chi connectivity index (χ2n) is 2.75. The molecule has 2 aromatic rings. The number of halogens is 1. The highest BCUT2D eigenvalue weighted by molar-refractivity contribution is 8.13. The second kappa shape index (κ2) is 3.39. The molecule has 0 saturated heterocycles. The van der Waals surface area contributed by atoms with Gasteiger partial charge < -0.3 is 9.15 Å². The molecule has 5 nitrogen and oxygen atoms in total. The average Bonchev–Trinajstić information content (AvgIpc) is 2.57. The molecular formula is C8H6ClNO4S. The first-order valence-corrected chi connectivity index (χ1v) is 6.21. The van der Waals surface area contributed by atoms with E-state index in [9.17, 15) is 8.42 Å². The van der Waals surface area contributed by atoms with Gasteiger partial charge in [0, 0.05) is 10.7 Å². The first-order valence-electron chi connectivity index (χ1n) is 3.90. The zero-order chi connectivity index (χ0) is 11.1. The van der Waals surface area contributed by atoms with Crippen molar-refractivity contribution in [1.29, 1.82) is 0 Å². The van der Waals surface area contributed by atoms with Crippen molar-refractivity contribution < 1.29 is 17.6 Å². The normalized spacial score (nSPS) is 11.9. The van der Waals surface area contributed by atoms with Crippen molar-refractivity contribution in [2.24, 2.45) is 0 Å². The maximum atomic E-state index is 11.0. The highest BCUT2D eigenvalue weighted by Gasteiger charge is 2.13. The number of oxazole rings is 1. The molecule has 15 heavy (non-hydrogen) atoms. The fourth-order valence-corrected chi connectivity index (χ4v) is 1.90. The number of fused-ring (bicyclic) bond motifs is 1. The zero-order valence-electron chi connectivity index (χ0n) is 7.60. The van der Waals surface area contributed by atoms with Crippen molar-refractivity contribution in [1.82, 2.24) is 4.98 Å². The Bertz CT molecular complexity index is 604. The number of aromatic nitrogens is 1. The van der Waals surface area contributed by atoms with Gasteiger partial charge in [-0.2, -0.15) is 4.98 Å². The summed E-state index contributed by atoms with van der Waals surface area (Å²) < 4.78 is 31.9. The molecule has 1 aromatic heterocycles. The van der Waals surface area contributed by atoms with Gasteiger partial charge in [0.25, 0.3) is 9.05 Å². The molecule has 7 heteroatoms. The van der Waals surface area contributed by atoms with Crippen LogP contribution in [-0.4, -0.2) is 20.5 Å². The summed E-state index contributed by atoms with van der Waals surface area (Å²) in [5, 5.41) is 0. The van der Waals surface area contributed by atoms with E-state index in [1.54, 1.807) is 0 Å². The van der Waals surface area contributed by atoms with E-state index in [4.69, 9.17) is 19.8 Å². The largest absolute Gasteiger partial charge is 0.453 e. The summed E-state index contributed by atoms with van der Waals surface area (Å²) >= 11 is 0. The Labute approximate surface area is 90.0 Å².